The summed E-state index contributed by atoms with van der Waals surface area (Å²) in [5.41, 5.74) is 6.92. The van der Waals surface area contributed by atoms with Crippen LogP contribution in [0, 0.1) is 0 Å². The van der Waals surface area contributed by atoms with Crippen molar-refractivity contribution in [3.63, 3.8) is 0 Å². The van der Waals surface area contributed by atoms with Gasteiger partial charge in [-0.25, -0.2) is 0 Å². The van der Waals surface area contributed by atoms with Gasteiger partial charge in [-0.1, -0.05) is 33.1 Å². The standard InChI is InChI=1S/C21H29N3O3/c1-3-21(22,4-2)13-23-18(25)14-10-11-16-17(12-14)20(27)24(19(16)26)15-8-6-5-7-9-15/h10-12,15H,3-9,13,22H2,1-2H3,(H,23,25). The summed E-state index contributed by atoms with van der Waals surface area (Å²) >= 11 is 0. The molecule has 2 aliphatic rings. The molecule has 27 heavy (non-hydrogen) atoms. The molecule has 1 heterocycles. The van der Waals surface area contributed by atoms with Gasteiger partial charge in [-0.15, -0.1) is 0 Å². The molecular weight excluding hydrogens is 342 g/mol. The minimum Gasteiger partial charge on any atom is -0.350 e. The minimum absolute atomic E-state index is 0.0182. The first-order valence-electron chi connectivity index (χ1n) is 9.99. The van der Waals surface area contributed by atoms with Gasteiger partial charge in [0, 0.05) is 23.7 Å². The number of nitrogens with two attached hydrogens (primary N) is 1. The van der Waals surface area contributed by atoms with Crippen LogP contribution in [0.1, 0.15) is 89.9 Å². The lowest BCUT2D eigenvalue weighted by atomic mass is 9.94. The Labute approximate surface area is 160 Å². The first-order chi connectivity index (χ1) is 12.9. The molecule has 1 saturated carbocycles. The van der Waals surface area contributed by atoms with Gasteiger partial charge in [0.05, 0.1) is 11.1 Å². The normalized spacial score (nSPS) is 18.0. The maximum absolute atomic E-state index is 12.8. The number of carbonyl (C=O) groups excluding carboxylic acids is 3. The topological polar surface area (TPSA) is 92.5 Å². The van der Waals surface area contributed by atoms with Crippen LogP contribution in [0.25, 0.3) is 0 Å². The first-order valence-corrected chi connectivity index (χ1v) is 9.99. The lowest BCUT2D eigenvalue weighted by Gasteiger charge is -2.29. The molecule has 146 valence electrons. The third-order valence-corrected chi connectivity index (χ3v) is 6.13. The van der Waals surface area contributed by atoms with E-state index in [0.29, 0.717) is 23.2 Å². The number of imide groups is 1. The third kappa shape index (κ3) is 3.76. The third-order valence-electron chi connectivity index (χ3n) is 6.13. The lowest BCUT2D eigenvalue weighted by molar-refractivity contribution is 0.0549. The SMILES string of the molecule is CCC(N)(CC)CNC(=O)c1ccc2c(c1)C(=O)N(C1CCCCC1)C2=O. The van der Waals surface area contributed by atoms with E-state index in [1.807, 2.05) is 13.8 Å². The first kappa shape index (κ1) is 19.5. The molecule has 1 aromatic rings. The molecule has 0 saturated heterocycles. The van der Waals surface area contributed by atoms with Crippen molar-refractivity contribution < 1.29 is 14.4 Å². The Hall–Kier alpha value is -2.21. The van der Waals surface area contributed by atoms with Crippen molar-refractivity contribution >= 4 is 17.7 Å². The van der Waals surface area contributed by atoms with Gasteiger partial charge in [0.1, 0.15) is 0 Å². The van der Waals surface area contributed by atoms with Gasteiger partial charge in [0.2, 0.25) is 0 Å². The van der Waals surface area contributed by atoms with E-state index in [-0.39, 0.29) is 23.8 Å². The van der Waals surface area contributed by atoms with Crippen molar-refractivity contribution in [1.82, 2.24) is 10.2 Å². The molecule has 1 aromatic carbocycles. The molecule has 3 rings (SSSR count). The Morgan fingerprint density at radius 2 is 1.74 bits per heavy atom. The summed E-state index contributed by atoms with van der Waals surface area (Å²) in [6.07, 6.45) is 6.50. The van der Waals surface area contributed by atoms with E-state index >= 15 is 0 Å². The number of hydrogen-bond acceptors (Lipinski definition) is 4. The van der Waals surface area contributed by atoms with E-state index < -0.39 is 5.54 Å². The predicted octanol–water partition coefficient (Wildman–Crippen LogP) is 2.86. The molecule has 0 aromatic heterocycles. The molecule has 0 bridgehead atoms. The molecule has 0 unspecified atom stereocenters. The molecule has 1 fully saturated rings. The highest BCUT2D eigenvalue weighted by atomic mass is 16.2. The maximum atomic E-state index is 12.8. The average Bonchev–Trinajstić information content (AvgIpc) is 2.96. The summed E-state index contributed by atoms with van der Waals surface area (Å²) in [4.78, 5) is 39.5. The fourth-order valence-corrected chi connectivity index (χ4v) is 3.93. The predicted molar refractivity (Wildman–Crippen MR) is 104 cm³/mol. The number of amides is 3. The van der Waals surface area contributed by atoms with Gasteiger partial charge in [-0.3, -0.25) is 19.3 Å². The van der Waals surface area contributed by atoms with E-state index in [9.17, 15) is 14.4 Å². The second kappa shape index (κ2) is 7.80. The Balaban J connectivity index is 1.76. The zero-order valence-electron chi connectivity index (χ0n) is 16.2. The number of rotatable bonds is 6. The summed E-state index contributed by atoms with van der Waals surface area (Å²) in [6, 6.07) is 4.74. The van der Waals surface area contributed by atoms with Crippen molar-refractivity contribution in [2.45, 2.75) is 70.4 Å². The monoisotopic (exact) mass is 371 g/mol. The van der Waals surface area contributed by atoms with Crippen LogP contribution in [0.2, 0.25) is 0 Å². The van der Waals surface area contributed by atoms with Crippen LogP contribution in [0.15, 0.2) is 18.2 Å². The van der Waals surface area contributed by atoms with Gasteiger partial charge < -0.3 is 11.1 Å². The van der Waals surface area contributed by atoms with Crippen LogP contribution >= 0.6 is 0 Å². The van der Waals surface area contributed by atoms with Gasteiger partial charge in [-0.2, -0.15) is 0 Å². The second-order valence-electron chi connectivity index (χ2n) is 7.78. The molecule has 6 nitrogen and oxygen atoms in total. The molecule has 0 spiro atoms. The van der Waals surface area contributed by atoms with Crippen LogP contribution < -0.4 is 11.1 Å². The summed E-state index contributed by atoms with van der Waals surface area (Å²) < 4.78 is 0. The van der Waals surface area contributed by atoms with Gasteiger partial charge in [0.25, 0.3) is 17.7 Å². The summed E-state index contributed by atoms with van der Waals surface area (Å²) in [5.74, 6) is -0.774. The molecule has 1 aliphatic heterocycles. The largest absolute Gasteiger partial charge is 0.350 e. The minimum atomic E-state index is -0.435. The highest BCUT2D eigenvalue weighted by Gasteiger charge is 2.40. The van der Waals surface area contributed by atoms with Crippen molar-refractivity contribution in [2.24, 2.45) is 5.73 Å². The van der Waals surface area contributed by atoms with Gasteiger partial charge in [0.15, 0.2) is 0 Å². The zero-order valence-corrected chi connectivity index (χ0v) is 16.2. The molecular formula is C21H29N3O3. The number of fused-ring (bicyclic) bond motifs is 1. The van der Waals surface area contributed by atoms with Crippen molar-refractivity contribution in [3.8, 4) is 0 Å². The van der Waals surface area contributed by atoms with E-state index in [1.165, 1.54) is 4.90 Å². The van der Waals surface area contributed by atoms with Crippen LogP contribution in [0.5, 0.6) is 0 Å². The van der Waals surface area contributed by atoms with Crippen molar-refractivity contribution in [1.29, 1.82) is 0 Å². The van der Waals surface area contributed by atoms with E-state index in [4.69, 9.17) is 5.73 Å². The number of carbonyl (C=O) groups is 3. The highest BCUT2D eigenvalue weighted by molar-refractivity contribution is 6.22. The number of benzene rings is 1. The number of nitrogens with one attached hydrogen (secondary N) is 1. The van der Waals surface area contributed by atoms with E-state index in [0.717, 1.165) is 44.9 Å². The van der Waals surface area contributed by atoms with Gasteiger partial charge in [-0.05, 0) is 43.9 Å². The molecule has 0 atom stereocenters. The van der Waals surface area contributed by atoms with Crippen LogP contribution in [-0.2, 0) is 0 Å². The summed E-state index contributed by atoms with van der Waals surface area (Å²) in [7, 11) is 0. The van der Waals surface area contributed by atoms with Crippen molar-refractivity contribution in [3.05, 3.63) is 34.9 Å². The van der Waals surface area contributed by atoms with Crippen LogP contribution in [0.3, 0.4) is 0 Å². The van der Waals surface area contributed by atoms with E-state index in [1.54, 1.807) is 18.2 Å². The summed E-state index contributed by atoms with van der Waals surface area (Å²) in [6.45, 7) is 4.36. The lowest BCUT2D eigenvalue weighted by Crippen LogP contribution is -2.49. The Kier molecular flexibility index (Phi) is 5.65. The fourth-order valence-electron chi connectivity index (χ4n) is 3.93. The molecule has 1 aliphatic carbocycles. The summed E-state index contributed by atoms with van der Waals surface area (Å²) in [5, 5.41) is 2.86. The van der Waals surface area contributed by atoms with Crippen LogP contribution in [-0.4, -0.2) is 40.7 Å². The molecule has 3 N–H and O–H groups in total. The highest BCUT2D eigenvalue weighted by Crippen LogP contribution is 2.31. The Morgan fingerprint density at radius 3 is 2.37 bits per heavy atom. The molecule has 6 heteroatoms. The number of hydrogen-bond donors (Lipinski definition) is 2. The maximum Gasteiger partial charge on any atom is 0.261 e. The van der Waals surface area contributed by atoms with Crippen molar-refractivity contribution in [2.75, 3.05) is 6.54 Å². The average molecular weight is 371 g/mol. The van der Waals surface area contributed by atoms with E-state index in [2.05, 4.69) is 5.32 Å². The molecule has 0 radical (unpaired) electrons. The Bertz CT molecular complexity index is 749. The fraction of sp³-hybridized carbons (Fsp3) is 0.571. The van der Waals surface area contributed by atoms with Crippen LogP contribution in [0.4, 0.5) is 0 Å². The quantitative estimate of drug-likeness (QED) is 0.752. The smallest absolute Gasteiger partial charge is 0.261 e. The van der Waals surface area contributed by atoms with Gasteiger partial charge >= 0.3 is 0 Å². The second-order valence-corrected chi connectivity index (χ2v) is 7.78. The zero-order chi connectivity index (χ0) is 19.6. The molecule has 3 amide bonds. The number of nitrogens with zero attached hydrogens (tertiary/aromatic N) is 1. The Morgan fingerprint density at radius 1 is 1.11 bits per heavy atom.